The summed E-state index contributed by atoms with van der Waals surface area (Å²) < 4.78 is 37.9. The summed E-state index contributed by atoms with van der Waals surface area (Å²) in [5, 5.41) is 8.46. The Morgan fingerprint density at radius 1 is 1.42 bits per heavy atom. The Balaban J connectivity index is 2.19. The highest BCUT2D eigenvalue weighted by atomic mass is 35.5. The van der Waals surface area contributed by atoms with E-state index in [0.717, 1.165) is 12.5 Å². The number of aliphatic hydroxyl groups excluding tert-OH is 1. The lowest BCUT2D eigenvalue weighted by Crippen LogP contribution is -2.22. The summed E-state index contributed by atoms with van der Waals surface area (Å²) in [5.74, 6) is 0.459. The zero-order chi connectivity index (χ0) is 14.0. The van der Waals surface area contributed by atoms with Crippen LogP contribution in [0.1, 0.15) is 18.5 Å². The van der Waals surface area contributed by atoms with Crippen molar-refractivity contribution in [3.05, 3.63) is 17.0 Å². The zero-order valence-corrected chi connectivity index (χ0v) is 10.7. The Labute approximate surface area is 113 Å². The molecule has 19 heavy (non-hydrogen) atoms. The normalized spacial score (nSPS) is 20.1. The number of aliphatic hydroxyl groups is 1. The molecule has 1 N–H and O–H groups in total. The van der Waals surface area contributed by atoms with Gasteiger partial charge in [0.1, 0.15) is 5.82 Å². The van der Waals surface area contributed by atoms with Crippen molar-refractivity contribution in [1.29, 1.82) is 0 Å². The third kappa shape index (κ3) is 3.48. The first-order valence-electron chi connectivity index (χ1n) is 5.87. The Kier molecular flexibility index (Phi) is 4.15. The third-order valence-corrected chi connectivity index (χ3v) is 3.29. The van der Waals surface area contributed by atoms with Gasteiger partial charge in [0.05, 0.1) is 0 Å². The smallest absolute Gasteiger partial charge is 0.396 e. The Hall–Kier alpha value is -1.08. The molecule has 1 unspecified atom stereocenters. The van der Waals surface area contributed by atoms with Crippen molar-refractivity contribution < 1.29 is 18.3 Å². The Morgan fingerprint density at radius 3 is 2.79 bits per heavy atom. The summed E-state index contributed by atoms with van der Waals surface area (Å²) in [4.78, 5) is 8.78. The first-order chi connectivity index (χ1) is 8.90. The van der Waals surface area contributed by atoms with Crippen LogP contribution >= 0.6 is 11.6 Å². The molecule has 1 atom stereocenters. The van der Waals surface area contributed by atoms with Crippen LogP contribution in [0.25, 0.3) is 0 Å². The van der Waals surface area contributed by atoms with Crippen LogP contribution in [0.3, 0.4) is 0 Å². The van der Waals surface area contributed by atoms with E-state index in [2.05, 4.69) is 9.97 Å². The number of anilines is 1. The second-order valence-corrected chi connectivity index (χ2v) is 4.83. The first kappa shape index (κ1) is 14.3. The van der Waals surface area contributed by atoms with E-state index in [-0.39, 0.29) is 18.3 Å². The molecule has 2 heterocycles. The van der Waals surface area contributed by atoms with Gasteiger partial charge in [-0.1, -0.05) is 0 Å². The van der Waals surface area contributed by atoms with E-state index >= 15 is 0 Å². The fraction of sp³-hybridized carbons (Fsp3) is 0.636. The van der Waals surface area contributed by atoms with Crippen molar-refractivity contribution in [2.45, 2.75) is 19.0 Å². The molecule has 1 aliphatic heterocycles. The molecule has 1 aromatic heterocycles. The maximum Gasteiger partial charge on any atom is 0.433 e. The maximum absolute atomic E-state index is 12.6. The number of rotatable bonds is 3. The van der Waals surface area contributed by atoms with Crippen molar-refractivity contribution in [3.8, 4) is 0 Å². The van der Waals surface area contributed by atoms with Gasteiger partial charge in [-0.15, -0.1) is 0 Å². The van der Waals surface area contributed by atoms with Crippen molar-refractivity contribution in [2.75, 3.05) is 24.6 Å². The van der Waals surface area contributed by atoms with Crippen LogP contribution in [0.15, 0.2) is 6.07 Å². The molecule has 0 aromatic carbocycles. The van der Waals surface area contributed by atoms with Gasteiger partial charge in [-0.2, -0.15) is 13.2 Å². The molecule has 4 nitrogen and oxygen atoms in total. The van der Waals surface area contributed by atoms with Crippen molar-refractivity contribution in [2.24, 2.45) is 5.92 Å². The molecular weight excluding hydrogens is 283 g/mol. The number of hydrogen-bond acceptors (Lipinski definition) is 4. The quantitative estimate of drug-likeness (QED) is 0.870. The van der Waals surface area contributed by atoms with E-state index in [1.54, 1.807) is 4.90 Å². The molecule has 0 radical (unpaired) electrons. The molecule has 2 rings (SSSR count). The third-order valence-electron chi connectivity index (χ3n) is 3.12. The zero-order valence-electron chi connectivity index (χ0n) is 9.99. The van der Waals surface area contributed by atoms with Crippen LogP contribution < -0.4 is 4.90 Å². The van der Waals surface area contributed by atoms with Gasteiger partial charge < -0.3 is 10.0 Å². The number of halogens is 4. The van der Waals surface area contributed by atoms with Gasteiger partial charge in [-0.3, -0.25) is 0 Å². The molecule has 0 saturated carbocycles. The molecular formula is C11H13ClF3N3O. The highest BCUT2D eigenvalue weighted by Gasteiger charge is 2.34. The van der Waals surface area contributed by atoms with Gasteiger partial charge in [-0.05, 0) is 30.4 Å². The van der Waals surface area contributed by atoms with Crippen molar-refractivity contribution in [1.82, 2.24) is 9.97 Å². The minimum absolute atomic E-state index is 0.0802. The Morgan fingerprint density at radius 2 is 2.16 bits per heavy atom. The van der Waals surface area contributed by atoms with Gasteiger partial charge in [0.25, 0.3) is 0 Å². The Bertz CT molecular complexity index is 455. The van der Waals surface area contributed by atoms with Crippen LogP contribution in [-0.2, 0) is 6.18 Å². The second kappa shape index (κ2) is 5.50. The summed E-state index contributed by atoms with van der Waals surface area (Å²) in [5.41, 5.74) is -1.03. The van der Waals surface area contributed by atoms with Gasteiger partial charge in [0, 0.05) is 25.8 Å². The van der Waals surface area contributed by atoms with Gasteiger partial charge in [-0.25, -0.2) is 9.97 Å². The number of alkyl halides is 3. The molecule has 0 bridgehead atoms. The van der Waals surface area contributed by atoms with Crippen LogP contribution in [0.4, 0.5) is 19.0 Å². The van der Waals surface area contributed by atoms with E-state index < -0.39 is 17.2 Å². The summed E-state index contributed by atoms with van der Waals surface area (Å²) >= 11 is 5.54. The highest BCUT2D eigenvalue weighted by Crippen LogP contribution is 2.32. The maximum atomic E-state index is 12.6. The van der Waals surface area contributed by atoms with Gasteiger partial charge in [0.2, 0.25) is 5.28 Å². The molecule has 1 saturated heterocycles. The summed E-state index contributed by atoms with van der Waals surface area (Å²) in [7, 11) is 0. The van der Waals surface area contributed by atoms with E-state index in [9.17, 15) is 13.2 Å². The SMILES string of the molecule is OCCC1CCN(c2cc(C(F)(F)F)nc(Cl)n2)C1. The molecule has 1 aliphatic rings. The second-order valence-electron chi connectivity index (χ2n) is 4.49. The van der Waals surface area contributed by atoms with Crippen LogP contribution in [0.5, 0.6) is 0 Å². The lowest BCUT2D eigenvalue weighted by molar-refractivity contribution is -0.141. The first-order valence-corrected chi connectivity index (χ1v) is 6.25. The molecule has 1 aromatic rings. The fourth-order valence-corrected chi connectivity index (χ4v) is 2.35. The molecule has 106 valence electrons. The van der Waals surface area contributed by atoms with E-state index in [1.807, 2.05) is 0 Å². The monoisotopic (exact) mass is 295 g/mol. The predicted octanol–water partition coefficient (Wildman–Crippen LogP) is 2.36. The largest absolute Gasteiger partial charge is 0.433 e. The number of hydrogen-bond donors (Lipinski definition) is 1. The predicted molar refractivity (Wildman–Crippen MR) is 64.1 cm³/mol. The summed E-state index contributed by atoms with van der Waals surface area (Å²) in [6, 6.07) is 0.910. The van der Waals surface area contributed by atoms with Crippen LogP contribution in [0, 0.1) is 5.92 Å². The average Bonchev–Trinajstić information content (AvgIpc) is 2.76. The fourth-order valence-electron chi connectivity index (χ4n) is 2.17. The van der Waals surface area contributed by atoms with Crippen molar-refractivity contribution >= 4 is 17.4 Å². The summed E-state index contributed by atoms with van der Waals surface area (Å²) in [6.07, 6.45) is -3.07. The average molecular weight is 296 g/mol. The molecule has 0 aliphatic carbocycles. The van der Waals surface area contributed by atoms with E-state index in [4.69, 9.17) is 16.7 Å². The van der Waals surface area contributed by atoms with Crippen LogP contribution in [-0.4, -0.2) is 34.8 Å². The minimum atomic E-state index is -4.54. The van der Waals surface area contributed by atoms with Crippen LogP contribution in [0.2, 0.25) is 5.28 Å². The van der Waals surface area contributed by atoms with E-state index in [0.29, 0.717) is 19.5 Å². The molecule has 1 fully saturated rings. The lowest BCUT2D eigenvalue weighted by atomic mass is 10.1. The van der Waals surface area contributed by atoms with E-state index in [1.165, 1.54) is 0 Å². The molecule has 0 amide bonds. The minimum Gasteiger partial charge on any atom is -0.396 e. The number of aromatic nitrogens is 2. The van der Waals surface area contributed by atoms with Crippen molar-refractivity contribution in [3.63, 3.8) is 0 Å². The standard InChI is InChI=1S/C11H13ClF3N3O/c12-10-16-8(11(13,14)15)5-9(17-10)18-3-1-7(6-18)2-4-19/h5,7,19H,1-4,6H2. The molecule has 0 spiro atoms. The number of nitrogens with zero attached hydrogens (tertiary/aromatic N) is 3. The van der Waals surface area contributed by atoms with Gasteiger partial charge in [0.15, 0.2) is 5.69 Å². The molecule has 8 heteroatoms. The highest BCUT2D eigenvalue weighted by molar-refractivity contribution is 6.28. The van der Waals surface area contributed by atoms with Gasteiger partial charge >= 0.3 is 6.18 Å². The summed E-state index contributed by atoms with van der Waals surface area (Å²) in [6.45, 7) is 1.26. The lowest BCUT2D eigenvalue weighted by Gasteiger charge is -2.18. The topological polar surface area (TPSA) is 49.2 Å².